The molecule has 0 bridgehead atoms. The second kappa shape index (κ2) is 9.08. The summed E-state index contributed by atoms with van der Waals surface area (Å²) in [5, 5.41) is 6.41. The Bertz CT molecular complexity index is 677. The van der Waals surface area contributed by atoms with Crippen LogP contribution in [0, 0.1) is 0 Å². The number of carbonyl (C=O) groups is 1. The first-order valence-corrected chi connectivity index (χ1v) is 8.22. The molecule has 1 aromatic carbocycles. The molecule has 0 aliphatic heterocycles. The Balaban J connectivity index is 1.99. The molecular weight excluding hydrogens is 328 g/mol. The van der Waals surface area contributed by atoms with Crippen molar-refractivity contribution in [3.63, 3.8) is 0 Å². The van der Waals surface area contributed by atoms with Crippen molar-refractivity contribution < 1.29 is 9.53 Å². The quantitative estimate of drug-likeness (QED) is 0.705. The molecule has 2 aromatic rings. The molecule has 0 aliphatic carbocycles. The summed E-state index contributed by atoms with van der Waals surface area (Å²) in [7, 11) is 1.53. The predicted octanol–water partition coefficient (Wildman–Crippen LogP) is 3.99. The van der Waals surface area contributed by atoms with Gasteiger partial charge in [0, 0.05) is 11.6 Å². The summed E-state index contributed by atoms with van der Waals surface area (Å²) in [6.07, 6.45) is 6.40. The molecule has 2 N–H and O–H groups in total. The smallest absolute Gasteiger partial charge is 0.275 e. The van der Waals surface area contributed by atoms with Crippen molar-refractivity contribution in [3.05, 3.63) is 41.3 Å². The van der Waals surface area contributed by atoms with E-state index in [9.17, 15) is 4.79 Å². The number of aromatic nitrogens is 2. The minimum Gasteiger partial charge on any atom is -0.495 e. The van der Waals surface area contributed by atoms with Crippen molar-refractivity contribution in [1.29, 1.82) is 0 Å². The summed E-state index contributed by atoms with van der Waals surface area (Å²) < 4.78 is 5.20. The lowest BCUT2D eigenvalue weighted by atomic mass is 10.2. The molecule has 0 fully saturated rings. The van der Waals surface area contributed by atoms with Crippen molar-refractivity contribution in [3.8, 4) is 5.75 Å². The molecule has 0 aliphatic rings. The van der Waals surface area contributed by atoms with Crippen molar-refractivity contribution in [1.82, 2.24) is 9.97 Å². The normalized spacial score (nSPS) is 10.3. The van der Waals surface area contributed by atoms with Gasteiger partial charge in [-0.05, 0) is 24.6 Å². The van der Waals surface area contributed by atoms with E-state index < -0.39 is 0 Å². The molecule has 0 saturated carbocycles. The third-order valence-electron chi connectivity index (χ3n) is 3.38. The molecule has 0 atom stereocenters. The highest BCUT2D eigenvalue weighted by atomic mass is 35.5. The molecule has 0 saturated heterocycles. The Hall–Kier alpha value is -2.34. The van der Waals surface area contributed by atoms with Gasteiger partial charge in [-0.25, -0.2) is 9.97 Å². The molecule has 7 heteroatoms. The van der Waals surface area contributed by atoms with Crippen molar-refractivity contribution >= 4 is 29.0 Å². The predicted molar refractivity (Wildman–Crippen MR) is 96.0 cm³/mol. The first-order chi connectivity index (χ1) is 11.6. The number of hydrogen-bond acceptors (Lipinski definition) is 5. The van der Waals surface area contributed by atoms with Crippen molar-refractivity contribution in [2.24, 2.45) is 0 Å². The minimum absolute atomic E-state index is 0.219. The molecule has 1 heterocycles. The molecule has 2 rings (SSSR count). The lowest BCUT2D eigenvalue weighted by molar-refractivity contribution is 0.102. The number of ether oxygens (including phenoxy) is 1. The molecule has 0 unspecified atom stereocenters. The van der Waals surface area contributed by atoms with Crippen LogP contribution < -0.4 is 15.4 Å². The van der Waals surface area contributed by atoms with Gasteiger partial charge in [-0.1, -0.05) is 31.4 Å². The number of anilines is 2. The number of rotatable bonds is 8. The zero-order chi connectivity index (χ0) is 17.4. The number of amides is 1. The first kappa shape index (κ1) is 18.0. The zero-order valence-corrected chi connectivity index (χ0v) is 14.6. The van der Waals surface area contributed by atoms with Crippen LogP contribution in [0.15, 0.2) is 30.6 Å². The van der Waals surface area contributed by atoms with E-state index in [-0.39, 0.29) is 11.6 Å². The highest BCUT2D eigenvalue weighted by Crippen LogP contribution is 2.27. The van der Waals surface area contributed by atoms with E-state index >= 15 is 0 Å². The van der Waals surface area contributed by atoms with Crippen LogP contribution in [0.4, 0.5) is 11.5 Å². The van der Waals surface area contributed by atoms with Gasteiger partial charge in [0.1, 0.15) is 17.3 Å². The van der Waals surface area contributed by atoms with E-state index in [2.05, 4.69) is 27.5 Å². The number of halogens is 1. The Morgan fingerprint density at radius 3 is 2.75 bits per heavy atom. The van der Waals surface area contributed by atoms with Gasteiger partial charge in [-0.15, -0.1) is 0 Å². The van der Waals surface area contributed by atoms with Gasteiger partial charge in [-0.2, -0.15) is 0 Å². The molecule has 128 valence electrons. The number of hydrogen-bond donors (Lipinski definition) is 2. The maximum Gasteiger partial charge on any atom is 0.275 e. The molecule has 0 spiro atoms. The summed E-state index contributed by atoms with van der Waals surface area (Å²) in [6, 6.07) is 5.00. The van der Waals surface area contributed by atoms with E-state index in [1.165, 1.54) is 26.1 Å². The van der Waals surface area contributed by atoms with Crippen LogP contribution >= 0.6 is 11.6 Å². The summed E-state index contributed by atoms with van der Waals surface area (Å²) in [5.41, 5.74) is 0.703. The lowest BCUT2D eigenvalue weighted by Gasteiger charge is -2.10. The largest absolute Gasteiger partial charge is 0.495 e. The monoisotopic (exact) mass is 348 g/mol. The third kappa shape index (κ3) is 5.09. The Labute approximate surface area is 146 Å². The summed E-state index contributed by atoms with van der Waals surface area (Å²) in [6.45, 7) is 3.00. The topological polar surface area (TPSA) is 76.1 Å². The summed E-state index contributed by atoms with van der Waals surface area (Å²) in [5.74, 6) is 0.804. The first-order valence-electron chi connectivity index (χ1n) is 7.85. The van der Waals surface area contributed by atoms with Crippen molar-refractivity contribution in [2.45, 2.75) is 26.2 Å². The number of carbonyl (C=O) groups excluding carboxylic acids is 1. The molecule has 24 heavy (non-hydrogen) atoms. The molecule has 1 aromatic heterocycles. The number of methoxy groups -OCH3 is 1. The minimum atomic E-state index is -0.374. The molecule has 0 radical (unpaired) electrons. The number of unbranched alkanes of at least 4 members (excludes halogenated alkanes) is 2. The van der Waals surface area contributed by atoms with Crippen molar-refractivity contribution in [2.75, 3.05) is 24.3 Å². The van der Waals surface area contributed by atoms with Crippen LogP contribution in [0.2, 0.25) is 5.02 Å². The van der Waals surface area contributed by atoms with Crippen LogP contribution in [-0.4, -0.2) is 29.5 Å². The van der Waals surface area contributed by atoms with Gasteiger partial charge in [0.05, 0.1) is 25.2 Å². The Kier molecular flexibility index (Phi) is 6.81. The maximum atomic E-state index is 12.3. The average Bonchev–Trinajstić information content (AvgIpc) is 2.59. The second-order valence-electron chi connectivity index (χ2n) is 5.22. The maximum absolute atomic E-state index is 12.3. The van der Waals surface area contributed by atoms with Gasteiger partial charge in [0.25, 0.3) is 5.91 Å². The zero-order valence-electron chi connectivity index (χ0n) is 13.8. The lowest BCUT2D eigenvalue weighted by Crippen LogP contribution is -2.15. The highest BCUT2D eigenvalue weighted by molar-refractivity contribution is 6.31. The third-order valence-corrected chi connectivity index (χ3v) is 3.62. The van der Waals surface area contributed by atoms with E-state index in [0.717, 1.165) is 13.0 Å². The SMILES string of the molecule is CCCCCNc1cnc(C(=O)Nc2cc(Cl)ccc2OC)cn1. The van der Waals surface area contributed by atoms with Gasteiger partial charge in [0.2, 0.25) is 0 Å². The van der Waals surface area contributed by atoms with Crippen LogP contribution in [0.1, 0.15) is 36.7 Å². The summed E-state index contributed by atoms with van der Waals surface area (Å²) >= 11 is 5.95. The average molecular weight is 349 g/mol. The van der Waals surface area contributed by atoms with Gasteiger partial charge in [0.15, 0.2) is 0 Å². The number of nitrogens with one attached hydrogen (secondary N) is 2. The fraction of sp³-hybridized carbons (Fsp3) is 0.353. The Morgan fingerprint density at radius 1 is 1.25 bits per heavy atom. The highest BCUT2D eigenvalue weighted by Gasteiger charge is 2.12. The second-order valence-corrected chi connectivity index (χ2v) is 5.66. The number of nitrogens with zero attached hydrogens (tertiary/aromatic N) is 2. The fourth-order valence-corrected chi connectivity index (χ4v) is 2.26. The summed E-state index contributed by atoms with van der Waals surface area (Å²) in [4.78, 5) is 20.6. The Morgan fingerprint density at radius 2 is 2.08 bits per heavy atom. The molecular formula is C17H21ClN4O2. The van der Waals surface area contributed by atoms with E-state index in [4.69, 9.17) is 16.3 Å². The number of benzene rings is 1. The van der Waals surface area contributed by atoms with Gasteiger partial charge >= 0.3 is 0 Å². The van der Waals surface area contributed by atoms with Crippen LogP contribution in [0.25, 0.3) is 0 Å². The van der Waals surface area contributed by atoms with Crippen LogP contribution in [0.5, 0.6) is 5.75 Å². The van der Waals surface area contributed by atoms with Gasteiger partial charge in [-0.3, -0.25) is 4.79 Å². The van der Waals surface area contributed by atoms with E-state index in [0.29, 0.717) is 22.3 Å². The van der Waals surface area contributed by atoms with Crippen LogP contribution in [0.3, 0.4) is 0 Å². The van der Waals surface area contributed by atoms with Crippen LogP contribution in [-0.2, 0) is 0 Å². The molecule has 1 amide bonds. The molecule has 6 nitrogen and oxygen atoms in total. The fourth-order valence-electron chi connectivity index (χ4n) is 2.09. The van der Waals surface area contributed by atoms with E-state index in [1.807, 2.05) is 0 Å². The van der Waals surface area contributed by atoms with E-state index in [1.54, 1.807) is 24.4 Å². The standard InChI is InChI=1S/C17H21ClN4O2/c1-3-4-5-8-19-16-11-20-14(10-21-16)17(23)22-13-9-12(18)6-7-15(13)24-2/h6-7,9-11H,3-5,8H2,1-2H3,(H,19,21)(H,22,23). The van der Waals surface area contributed by atoms with Gasteiger partial charge < -0.3 is 15.4 Å².